The summed E-state index contributed by atoms with van der Waals surface area (Å²) in [5.41, 5.74) is 0. The molecule has 2 aliphatic rings. The van der Waals surface area contributed by atoms with Gasteiger partial charge in [-0.15, -0.1) is 0 Å². The third-order valence-corrected chi connectivity index (χ3v) is 6.28. The van der Waals surface area contributed by atoms with Crippen LogP contribution in [0.1, 0.15) is 44.9 Å². The molecule has 2 fully saturated rings. The summed E-state index contributed by atoms with van der Waals surface area (Å²) in [6.45, 7) is 0.797. The van der Waals surface area contributed by atoms with E-state index < -0.39 is 0 Å². The molecule has 7 heteroatoms. The molecular weight excluding hydrogens is 366 g/mol. The first-order valence-corrected chi connectivity index (χ1v) is 10.4. The van der Waals surface area contributed by atoms with Crippen molar-refractivity contribution in [1.29, 1.82) is 0 Å². The van der Waals surface area contributed by atoms with Gasteiger partial charge in [0.25, 0.3) is 0 Å². The van der Waals surface area contributed by atoms with Gasteiger partial charge in [-0.2, -0.15) is 11.8 Å². The number of alkyl halides is 1. The normalized spacial score (nSPS) is 26.4. The van der Waals surface area contributed by atoms with Crippen molar-refractivity contribution >= 4 is 39.6 Å². The van der Waals surface area contributed by atoms with Crippen LogP contribution in [0.4, 0.5) is 4.79 Å². The number of unbranched alkanes of at least 4 members (excludes halogenated alkanes) is 3. The van der Waals surface area contributed by atoms with Crippen LogP contribution in [0.25, 0.3) is 0 Å². The van der Waals surface area contributed by atoms with E-state index in [1.165, 1.54) is 6.42 Å². The monoisotopic (exact) mass is 391 g/mol. The van der Waals surface area contributed by atoms with E-state index in [-0.39, 0.29) is 18.0 Å². The molecule has 2 saturated heterocycles. The number of rotatable bonds is 10. The number of halogens is 1. The van der Waals surface area contributed by atoms with Gasteiger partial charge in [0.15, 0.2) is 0 Å². The zero-order chi connectivity index (χ0) is 15.8. The van der Waals surface area contributed by atoms with E-state index in [1.807, 2.05) is 11.8 Å². The highest BCUT2D eigenvalue weighted by Gasteiger charge is 2.42. The average Bonchev–Trinajstić information content (AvgIpc) is 3.03. The third kappa shape index (κ3) is 5.65. The first-order valence-electron chi connectivity index (χ1n) is 8.22. The number of carbonyl (C=O) groups excluding carboxylic acids is 2. The van der Waals surface area contributed by atoms with Gasteiger partial charge in [0.1, 0.15) is 0 Å². The van der Waals surface area contributed by atoms with Crippen LogP contribution in [0.2, 0.25) is 0 Å². The summed E-state index contributed by atoms with van der Waals surface area (Å²) in [6.07, 6.45) is 7.07. The quantitative estimate of drug-likeness (QED) is 0.304. The van der Waals surface area contributed by atoms with Gasteiger partial charge in [-0.3, -0.25) is 4.79 Å². The molecule has 2 heterocycles. The molecule has 3 atom stereocenters. The predicted molar refractivity (Wildman–Crippen MR) is 94.6 cm³/mol. The summed E-state index contributed by atoms with van der Waals surface area (Å²) in [6, 6.07) is 0.547. The van der Waals surface area contributed by atoms with Crippen LogP contribution in [0.5, 0.6) is 0 Å². The number of carbonyl (C=O) groups is 2. The molecule has 0 aliphatic carbocycles. The fourth-order valence-corrected chi connectivity index (χ4v) is 4.93. The Hall–Kier alpha value is -0.430. The highest BCUT2D eigenvalue weighted by atomic mass is 79.9. The van der Waals surface area contributed by atoms with Crippen molar-refractivity contribution in [2.75, 3.05) is 17.6 Å². The number of hydrogen-bond acceptors (Lipinski definition) is 3. The first kappa shape index (κ1) is 17.9. The van der Waals surface area contributed by atoms with E-state index in [0.717, 1.165) is 49.7 Å². The Kier molecular flexibility index (Phi) is 7.86. The van der Waals surface area contributed by atoms with Crippen LogP contribution < -0.4 is 16.0 Å². The third-order valence-electron chi connectivity index (χ3n) is 4.21. The molecule has 0 unspecified atom stereocenters. The SMILES string of the molecule is O=C(CCCC[C@@H]1SC[C@@H]2NC(=O)N[C@@H]21)NCCCCCBr. The summed E-state index contributed by atoms with van der Waals surface area (Å²) in [5, 5.41) is 10.5. The number of fused-ring (bicyclic) bond motifs is 1. The summed E-state index contributed by atoms with van der Waals surface area (Å²) in [7, 11) is 0. The van der Waals surface area contributed by atoms with Crippen LogP contribution in [0.3, 0.4) is 0 Å². The second-order valence-corrected chi connectivity index (χ2v) is 8.03. The topological polar surface area (TPSA) is 70.2 Å². The van der Waals surface area contributed by atoms with Crippen molar-refractivity contribution < 1.29 is 9.59 Å². The lowest BCUT2D eigenvalue weighted by Gasteiger charge is -2.16. The molecule has 0 saturated carbocycles. The van der Waals surface area contributed by atoms with Crippen molar-refractivity contribution in [1.82, 2.24) is 16.0 Å². The van der Waals surface area contributed by atoms with Crippen molar-refractivity contribution in [2.45, 2.75) is 62.3 Å². The van der Waals surface area contributed by atoms with Gasteiger partial charge >= 0.3 is 6.03 Å². The maximum Gasteiger partial charge on any atom is 0.315 e. The van der Waals surface area contributed by atoms with Crippen LogP contribution in [0, 0.1) is 0 Å². The molecule has 0 aromatic rings. The van der Waals surface area contributed by atoms with Crippen molar-refractivity contribution in [3.05, 3.63) is 0 Å². The van der Waals surface area contributed by atoms with Crippen LogP contribution in [-0.2, 0) is 4.79 Å². The molecule has 0 spiro atoms. The minimum Gasteiger partial charge on any atom is -0.356 e. The molecule has 3 N–H and O–H groups in total. The molecular formula is C15H26BrN3O2S. The Morgan fingerprint density at radius 1 is 1.23 bits per heavy atom. The molecule has 0 bridgehead atoms. The van der Waals surface area contributed by atoms with Gasteiger partial charge in [-0.25, -0.2) is 4.79 Å². The summed E-state index contributed by atoms with van der Waals surface area (Å²) in [4.78, 5) is 23.0. The number of hydrogen-bond donors (Lipinski definition) is 3. The molecule has 3 amide bonds. The Labute approximate surface area is 145 Å². The van der Waals surface area contributed by atoms with Gasteiger partial charge in [0, 0.05) is 29.3 Å². The molecule has 5 nitrogen and oxygen atoms in total. The second-order valence-electron chi connectivity index (χ2n) is 5.97. The van der Waals surface area contributed by atoms with E-state index >= 15 is 0 Å². The lowest BCUT2D eigenvalue weighted by atomic mass is 10.0. The van der Waals surface area contributed by atoms with E-state index in [9.17, 15) is 9.59 Å². The first-order chi connectivity index (χ1) is 10.7. The molecule has 0 aromatic carbocycles. The number of amides is 3. The Morgan fingerprint density at radius 2 is 2.09 bits per heavy atom. The molecule has 2 aliphatic heterocycles. The lowest BCUT2D eigenvalue weighted by Crippen LogP contribution is -2.36. The Balaban J connectivity index is 1.49. The van der Waals surface area contributed by atoms with Crippen LogP contribution >= 0.6 is 27.7 Å². The number of thioether (sulfide) groups is 1. The summed E-state index contributed by atoms with van der Waals surface area (Å²) < 4.78 is 0. The van der Waals surface area contributed by atoms with Crippen LogP contribution in [0.15, 0.2) is 0 Å². The summed E-state index contributed by atoms with van der Waals surface area (Å²) >= 11 is 5.34. The molecule has 22 heavy (non-hydrogen) atoms. The van der Waals surface area contributed by atoms with Gasteiger partial charge in [-0.05, 0) is 25.7 Å². The molecule has 126 valence electrons. The summed E-state index contributed by atoms with van der Waals surface area (Å²) in [5.74, 6) is 1.18. The van der Waals surface area contributed by atoms with Crippen molar-refractivity contribution in [3.8, 4) is 0 Å². The standard InChI is InChI=1S/C15H26BrN3O2S/c16-8-4-1-5-9-17-13(20)7-3-2-6-12-14-11(10-22-12)18-15(21)19-14/h11-12,14H,1-10H2,(H,17,20)(H2,18,19,21)/t11-,12-,14-/m0/s1. The van der Waals surface area contributed by atoms with Gasteiger partial charge in [-0.1, -0.05) is 28.8 Å². The predicted octanol–water partition coefficient (Wildman–Crippen LogP) is 2.39. The highest BCUT2D eigenvalue weighted by molar-refractivity contribution is 9.09. The Morgan fingerprint density at radius 3 is 2.91 bits per heavy atom. The van der Waals surface area contributed by atoms with E-state index in [1.54, 1.807) is 0 Å². The van der Waals surface area contributed by atoms with Crippen molar-refractivity contribution in [3.63, 3.8) is 0 Å². The van der Waals surface area contributed by atoms with Gasteiger partial charge in [0.05, 0.1) is 12.1 Å². The second kappa shape index (κ2) is 9.65. The van der Waals surface area contributed by atoms with Crippen LogP contribution in [-0.4, -0.2) is 46.9 Å². The van der Waals surface area contributed by atoms with Crippen molar-refractivity contribution in [2.24, 2.45) is 0 Å². The van der Waals surface area contributed by atoms with Gasteiger partial charge in [0.2, 0.25) is 5.91 Å². The van der Waals surface area contributed by atoms with E-state index in [2.05, 4.69) is 31.9 Å². The average molecular weight is 392 g/mol. The molecule has 2 rings (SSSR count). The highest BCUT2D eigenvalue weighted by Crippen LogP contribution is 2.33. The molecule has 0 radical (unpaired) electrons. The minimum absolute atomic E-state index is 0.0282. The largest absolute Gasteiger partial charge is 0.356 e. The number of urea groups is 1. The number of nitrogens with one attached hydrogen (secondary N) is 3. The maximum absolute atomic E-state index is 11.7. The lowest BCUT2D eigenvalue weighted by molar-refractivity contribution is -0.121. The smallest absolute Gasteiger partial charge is 0.315 e. The fraction of sp³-hybridized carbons (Fsp3) is 0.867. The Bertz CT molecular complexity index is 384. The molecule has 0 aromatic heterocycles. The fourth-order valence-electron chi connectivity index (χ4n) is 2.99. The van der Waals surface area contributed by atoms with E-state index in [0.29, 0.717) is 17.7 Å². The van der Waals surface area contributed by atoms with E-state index in [4.69, 9.17) is 0 Å². The zero-order valence-corrected chi connectivity index (χ0v) is 15.3. The minimum atomic E-state index is -0.0282. The zero-order valence-electron chi connectivity index (χ0n) is 12.9. The van der Waals surface area contributed by atoms with Gasteiger partial charge < -0.3 is 16.0 Å². The maximum atomic E-state index is 11.7.